The summed E-state index contributed by atoms with van der Waals surface area (Å²) in [5.74, 6) is 0.826. The monoisotopic (exact) mass is 728 g/mol. The van der Waals surface area contributed by atoms with Crippen LogP contribution in [0.5, 0.6) is 11.8 Å². The molecule has 0 unspecified atom stereocenters. The summed E-state index contributed by atoms with van der Waals surface area (Å²) in [6.45, 7) is 8.16. The van der Waals surface area contributed by atoms with Gasteiger partial charge in [-0.15, -0.1) is 10.2 Å². The van der Waals surface area contributed by atoms with Gasteiger partial charge in [-0.1, -0.05) is 91.3 Å². The molecule has 0 N–H and O–H groups in total. The molecule has 6 aromatic rings. The number of fused-ring (bicyclic) bond motifs is 2. The summed E-state index contributed by atoms with van der Waals surface area (Å²) in [7, 11) is 0. The highest BCUT2D eigenvalue weighted by molar-refractivity contribution is 5.95. The van der Waals surface area contributed by atoms with Crippen molar-refractivity contribution in [2.45, 2.75) is 60.7 Å². The van der Waals surface area contributed by atoms with Gasteiger partial charge in [0.1, 0.15) is 19.0 Å². The van der Waals surface area contributed by atoms with Gasteiger partial charge in [-0.3, -0.25) is 19.0 Å². The van der Waals surface area contributed by atoms with E-state index in [9.17, 15) is 14.0 Å². The Labute approximate surface area is 315 Å². The first-order chi connectivity index (χ1) is 25.8. The summed E-state index contributed by atoms with van der Waals surface area (Å²) in [6, 6.07) is 35.6. The summed E-state index contributed by atoms with van der Waals surface area (Å²) in [4.78, 5) is 29.1. The van der Waals surface area contributed by atoms with Gasteiger partial charge in [0.25, 0.3) is 11.8 Å². The molecule has 278 valence electrons. The second-order valence-electron chi connectivity index (χ2n) is 13.2. The first-order valence-corrected chi connectivity index (χ1v) is 17.7. The number of benzene rings is 4. The van der Waals surface area contributed by atoms with Crippen molar-refractivity contribution < 1.29 is 23.5 Å². The lowest BCUT2D eigenvalue weighted by Gasteiger charge is -2.27. The van der Waals surface area contributed by atoms with Crippen molar-refractivity contribution in [1.82, 2.24) is 29.4 Å². The molecule has 54 heavy (non-hydrogen) atoms. The molecule has 11 heteroatoms. The highest BCUT2D eigenvalue weighted by atomic mass is 19.1. The zero-order chi connectivity index (χ0) is 36.7. The van der Waals surface area contributed by atoms with Gasteiger partial charge < -0.3 is 19.3 Å². The number of aryl methyl sites for hydroxylation is 2. The summed E-state index contributed by atoms with van der Waals surface area (Å²) < 4.78 is 28.9. The topological polar surface area (TPSA) is 94.7 Å². The van der Waals surface area contributed by atoms with Gasteiger partial charge in [0.2, 0.25) is 11.8 Å². The molecule has 0 radical (unpaired) electrons. The Morgan fingerprint density at radius 1 is 0.611 bits per heavy atom. The first-order valence-electron chi connectivity index (χ1n) is 17.7. The molecule has 0 atom stereocenters. The van der Waals surface area contributed by atoms with Crippen molar-refractivity contribution >= 4 is 11.8 Å². The average Bonchev–Trinajstić information content (AvgIpc) is 3.80. The lowest BCUT2D eigenvalue weighted by atomic mass is 10.1. The Hall–Kier alpha value is -6.23. The fourth-order valence-electron chi connectivity index (χ4n) is 6.31. The summed E-state index contributed by atoms with van der Waals surface area (Å²) in [6.07, 6.45) is 0. The molecule has 4 aromatic carbocycles. The number of aromatic nitrogens is 4. The van der Waals surface area contributed by atoms with E-state index in [1.807, 2.05) is 124 Å². The van der Waals surface area contributed by atoms with Crippen LogP contribution in [0.25, 0.3) is 0 Å². The number of amides is 2. The van der Waals surface area contributed by atoms with E-state index in [4.69, 9.17) is 9.47 Å². The minimum atomic E-state index is -0.295. The number of hydrogen-bond donors (Lipinski definition) is 0. The standard InChI is InChI=1S/C21H20FN3O2.C21H21N3O2.CH4/c1-15-6-8-16(9-7-15)21(26)24-10-11-25-18(13-24)12-20(23-25)27-14-17-4-2-3-5-19(17)22;1-16-6-5-9-18(12-16)21(25)23-10-11-24-19(14-23)13-20(22-24)26-15-17-7-3-2-4-8-17;/h2-9,12H,10-11,13-14H2,1H3;2-9,12-13H,10-11,14-15H2,1H3;1H4. The van der Waals surface area contributed by atoms with Crippen LogP contribution < -0.4 is 9.47 Å². The third-order valence-corrected chi connectivity index (χ3v) is 9.25. The number of carbonyl (C=O) groups is 2. The Kier molecular flexibility index (Phi) is 11.9. The van der Waals surface area contributed by atoms with Gasteiger partial charge in [0, 0.05) is 41.9 Å². The van der Waals surface area contributed by atoms with Crippen molar-refractivity contribution in [2.24, 2.45) is 0 Å². The third kappa shape index (κ3) is 9.03. The van der Waals surface area contributed by atoms with Crippen molar-refractivity contribution in [1.29, 1.82) is 0 Å². The molecule has 0 fully saturated rings. The summed E-state index contributed by atoms with van der Waals surface area (Å²) >= 11 is 0. The Balaban J connectivity index is 0.000000181. The molecule has 0 aliphatic carbocycles. The van der Waals surface area contributed by atoms with E-state index in [0.717, 1.165) is 33.6 Å². The molecular formula is C43H45FN6O4. The molecule has 8 rings (SSSR count). The molecule has 2 amide bonds. The van der Waals surface area contributed by atoms with Crippen LogP contribution in [-0.4, -0.2) is 54.3 Å². The average molecular weight is 729 g/mol. The van der Waals surface area contributed by atoms with Crippen molar-refractivity contribution in [2.75, 3.05) is 13.1 Å². The highest BCUT2D eigenvalue weighted by Crippen LogP contribution is 2.23. The summed E-state index contributed by atoms with van der Waals surface area (Å²) in [5, 5.41) is 8.91. The predicted molar refractivity (Wildman–Crippen MR) is 205 cm³/mol. The maximum absolute atomic E-state index is 13.7. The van der Waals surface area contributed by atoms with Gasteiger partial charge in [-0.05, 0) is 49.7 Å². The maximum atomic E-state index is 13.7. The maximum Gasteiger partial charge on any atom is 0.254 e. The number of hydrogen-bond acceptors (Lipinski definition) is 6. The van der Waals surface area contributed by atoms with Crippen molar-refractivity contribution in [3.05, 3.63) is 166 Å². The molecule has 10 nitrogen and oxygen atoms in total. The molecule has 2 aromatic heterocycles. The van der Waals surface area contributed by atoms with Gasteiger partial charge in [-0.25, -0.2) is 4.39 Å². The van der Waals surface area contributed by atoms with Crippen LogP contribution in [0, 0.1) is 19.7 Å². The van der Waals surface area contributed by atoms with Gasteiger partial charge in [0.05, 0.1) is 37.6 Å². The minimum absolute atomic E-state index is 0. The van der Waals surface area contributed by atoms with Crippen LogP contribution in [-0.2, 0) is 39.4 Å². The third-order valence-electron chi connectivity index (χ3n) is 9.25. The molecule has 0 saturated heterocycles. The second-order valence-corrected chi connectivity index (χ2v) is 13.2. The Bertz CT molecular complexity index is 2200. The number of ether oxygens (including phenoxy) is 2. The van der Waals surface area contributed by atoms with E-state index in [1.165, 1.54) is 6.07 Å². The van der Waals surface area contributed by atoms with E-state index in [-0.39, 0.29) is 31.7 Å². The van der Waals surface area contributed by atoms with Crippen LogP contribution in [0.1, 0.15) is 61.8 Å². The normalized spacial score (nSPS) is 13.1. The number of halogens is 1. The zero-order valence-electron chi connectivity index (χ0n) is 29.8. The van der Waals surface area contributed by atoms with E-state index in [1.54, 1.807) is 18.2 Å². The van der Waals surface area contributed by atoms with Crippen molar-refractivity contribution in [3.8, 4) is 11.8 Å². The molecule has 0 spiro atoms. The molecule has 2 aliphatic rings. The molecule has 4 heterocycles. The minimum Gasteiger partial charge on any atom is -0.472 e. The number of nitrogens with zero attached hydrogens (tertiary/aromatic N) is 6. The molecule has 2 aliphatic heterocycles. The molecule has 0 bridgehead atoms. The first kappa shape index (κ1) is 37.5. The van der Waals surface area contributed by atoms with Crippen LogP contribution >= 0.6 is 0 Å². The van der Waals surface area contributed by atoms with Gasteiger partial charge in [0.15, 0.2) is 0 Å². The second kappa shape index (κ2) is 17.1. The van der Waals surface area contributed by atoms with Crippen LogP contribution in [0.15, 0.2) is 115 Å². The summed E-state index contributed by atoms with van der Waals surface area (Å²) in [5.41, 5.74) is 7.14. The van der Waals surface area contributed by atoms with Gasteiger partial charge >= 0.3 is 0 Å². The number of rotatable bonds is 8. The Morgan fingerprint density at radius 2 is 1.19 bits per heavy atom. The predicted octanol–water partition coefficient (Wildman–Crippen LogP) is 7.63. The lowest BCUT2D eigenvalue weighted by molar-refractivity contribution is 0.0699. The molecular weight excluding hydrogens is 684 g/mol. The van der Waals surface area contributed by atoms with Crippen molar-refractivity contribution in [3.63, 3.8) is 0 Å². The SMILES string of the molecule is C.Cc1ccc(C(=O)N2CCn3nc(OCc4ccccc4F)cc3C2)cc1.Cc1cccc(C(=O)N2CCn3nc(OCc4ccccc4)cc3C2)c1. The smallest absolute Gasteiger partial charge is 0.254 e. The number of carbonyl (C=O) groups excluding carboxylic acids is 2. The van der Waals surface area contributed by atoms with Gasteiger partial charge in [-0.2, -0.15) is 0 Å². The fourth-order valence-corrected chi connectivity index (χ4v) is 6.31. The molecule has 0 saturated carbocycles. The Morgan fingerprint density at radius 3 is 1.80 bits per heavy atom. The van der Waals surface area contributed by atoms with Crippen LogP contribution in [0.3, 0.4) is 0 Å². The highest BCUT2D eigenvalue weighted by Gasteiger charge is 2.25. The van der Waals surface area contributed by atoms with Crippen LogP contribution in [0.4, 0.5) is 4.39 Å². The quantitative estimate of drug-likeness (QED) is 0.160. The largest absolute Gasteiger partial charge is 0.472 e. The lowest BCUT2D eigenvalue weighted by Crippen LogP contribution is -2.38. The van der Waals surface area contributed by atoms with E-state index in [2.05, 4.69) is 10.2 Å². The zero-order valence-corrected chi connectivity index (χ0v) is 29.8. The van der Waals surface area contributed by atoms with E-state index in [0.29, 0.717) is 68.8 Å². The van der Waals surface area contributed by atoms with E-state index < -0.39 is 0 Å². The van der Waals surface area contributed by atoms with Crippen LogP contribution in [0.2, 0.25) is 0 Å². The fraction of sp³-hybridized carbons (Fsp3) is 0.256. The van der Waals surface area contributed by atoms with E-state index >= 15 is 0 Å².